The number of aromatic amines is 4. The van der Waals surface area contributed by atoms with Gasteiger partial charge in [-0.3, -0.25) is 84.3 Å². The normalized spacial score (nSPS) is 14.5. The molecule has 0 radical (unpaired) electrons. The second kappa shape index (κ2) is 36.9. The lowest BCUT2D eigenvalue weighted by Crippen LogP contribution is -2.38. The fourth-order valence-corrected chi connectivity index (χ4v) is 15.2. The number of carbonyl (C=O) groups is 4. The summed E-state index contributed by atoms with van der Waals surface area (Å²) in [5, 5.41) is 43.0. The van der Waals surface area contributed by atoms with Crippen LogP contribution in [0.15, 0.2) is 245 Å². The Labute approximate surface area is 698 Å². The van der Waals surface area contributed by atoms with E-state index in [1.54, 1.807) is 110 Å². The summed E-state index contributed by atoms with van der Waals surface area (Å²) in [7, 11) is 0. The number of hydrogen-bond donors (Lipinski definition) is 8. The number of benzene rings is 4. The number of alkyl halides is 2. The van der Waals surface area contributed by atoms with Crippen molar-refractivity contribution >= 4 is 107 Å². The summed E-state index contributed by atoms with van der Waals surface area (Å²) >= 11 is 0. The fourth-order valence-electron chi connectivity index (χ4n) is 15.2. The molecule has 8 N–H and O–H groups in total. The molecule has 31 heteroatoms. The molecule has 16 aromatic rings. The van der Waals surface area contributed by atoms with Crippen molar-refractivity contribution in [2.24, 2.45) is 0 Å². The average Bonchev–Trinajstić information content (AvgIpc) is 1.64. The van der Waals surface area contributed by atoms with Gasteiger partial charge < -0.3 is 40.7 Å². The van der Waals surface area contributed by atoms with Crippen molar-refractivity contribution in [3.8, 4) is 44.5 Å². The molecule has 0 saturated carbocycles. The lowest BCUT2D eigenvalue weighted by molar-refractivity contribution is -0.0566. The Hall–Kier alpha value is -15.0. The van der Waals surface area contributed by atoms with E-state index in [2.05, 4.69) is 135 Å². The topological polar surface area (TPSA) is 356 Å². The van der Waals surface area contributed by atoms with Crippen LogP contribution in [-0.4, -0.2) is 181 Å². The molecule has 20 rings (SSSR count). The highest BCUT2D eigenvalue weighted by molar-refractivity contribution is 6.14. The predicted molar refractivity (Wildman–Crippen MR) is 466 cm³/mol. The Balaban J connectivity index is 0.000000116. The molecule has 0 unspecified atom stereocenters. The number of rotatable bonds is 17. The largest absolute Gasteiger partial charge is 0.378 e. The summed E-state index contributed by atoms with van der Waals surface area (Å²) in [5.74, 6) is -3.67. The van der Waals surface area contributed by atoms with Crippen molar-refractivity contribution in [1.29, 1.82) is 0 Å². The standard InChI is InChI=1S/C24H22F2N6O.C23H22N6O.C22H20N6O2.C22H20N6O/c25-24(26)5-9-32(10-6-24)15-16-11-18(14-28-13-16)17-1-2-21-20(12-17)22(31-30-21)23(33)29-19-3-7-27-8-4-19;30-23(26-18-6-8-24-9-7-18)22-20-13-16(4-5-21(20)27-28-22)17-12-19(15-25-14-17)29-10-2-1-3-11-29;29-22(25-17-3-5-23-6-4-17)21-19-12-15(1-2-20(19)26-27-21)16-11-18(14-24-13-16)28-7-9-30-10-8-28;29-22(25-17-5-7-23-8-6-17)21-19-12-15(3-4-20(19)26-27-21)16-11-18(14-24-13-16)28-9-1-2-10-28/h1-4,7-8,11-14H,5-6,9-10,15H2,(H,30,31)(H,27,29,33);4-9,12-15H,1-3,10-11H2,(H,27,28)(H,24,26,30);1-6,11-14H,7-10H2,(H,26,27)(H,23,25,29);3-8,11-14H,1-2,9-10H2,(H,26,27)(H,23,25,29). The first-order valence-corrected chi connectivity index (χ1v) is 40.3. The van der Waals surface area contributed by atoms with Crippen LogP contribution in [0.25, 0.3) is 88.1 Å². The van der Waals surface area contributed by atoms with Gasteiger partial charge in [0.2, 0.25) is 0 Å². The summed E-state index contributed by atoms with van der Waals surface area (Å²) in [6.07, 6.45) is 33.8. The van der Waals surface area contributed by atoms with Crippen LogP contribution in [0.5, 0.6) is 0 Å². The monoisotopic (exact) mass is 1630 g/mol. The van der Waals surface area contributed by atoms with Crippen molar-refractivity contribution in [3.63, 3.8) is 0 Å². The SMILES string of the molecule is O=C(Nc1ccncc1)c1n[nH]c2ccc(-c3cncc(CN4CCC(F)(F)CC4)c3)cc12.O=C(Nc1ccncc1)c1n[nH]c2ccc(-c3cncc(N4CCCC4)c3)cc12.O=C(Nc1ccncc1)c1n[nH]c2ccc(-c3cncc(N4CCCCC4)c3)cc12.O=C(Nc1ccncc1)c1n[nH]c2ccc(-c3cncc(N4CCOCC4)c3)cc12. The smallest absolute Gasteiger partial charge is 0.276 e. The molecule has 0 bridgehead atoms. The Morgan fingerprint density at radius 2 is 0.623 bits per heavy atom. The minimum atomic E-state index is -2.56. The molecule has 0 atom stereocenters. The fraction of sp³-hybridized carbons (Fsp3) is 0.209. The average molecular weight is 1630 g/mol. The van der Waals surface area contributed by atoms with Crippen LogP contribution in [0.2, 0.25) is 0 Å². The van der Waals surface area contributed by atoms with Gasteiger partial charge in [0.05, 0.1) is 70.9 Å². The van der Waals surface area contributed by atoms with E-state index in [9.17, 15) is 28.0 Å². The number of pyridine rings is 8. The number of nitrogens with zero attached hydrogens (tertiary/aromatic N) is 16. The lowest BCUT2D eigenvalue weighted by Gasteiger charge is -2.31. The lowest BCUT2D eigenvalue weighted by atomic mass is 10.0. The van der Waals surface area contributed by atoms with E-state index >= 15 is 0 Å². The van der Waals surface area contributed by atoms with Crippen molar-refractivity contribution in [1.82, 2.24) is 85.6 Å². The summed E-state index contributed by atoms with van der Waals surface area (Å²) in [6, 6.07) is 45.9. The minimum absolute atomic E-state index is 0.110. The number of anilines is 7. The first-order valence-electron chi connectivity index (χ1n) is 40.3. The van der Waals surface area contributed by atoms with E-state index in [-0.39, 0.29) is 36.5 Å². The van der Waals surface area contributed by atoms with Gasteiger partial charge in [-0.05, 0) is 181 Å². The molecule has 4 aliphatic heterocycles. The van der Waals surface area contributed by atoms with Gasteiger partial charge in [0.25, 0.3) is 29.6 Å². The maximum atomic E-state index is 13.4. The number of fused-ring (bicyclic) bond motifs is 4. The van der Waals surface area contributed by atoms with Gasteiger partial charge >= 0.3 is 0 Å². The number of hydrogen-bond acceptors (Lipinski definition) is 21. The van der Waals surface area contributed by atoms with Crippen LogP contribution in [0, 0.1) is 0 Å². The third-order valence-electron chi connectivity index (χ3n) is 21.7. The maximum Gasteiger partial charge on any atom is 0.276 e. The van der Waals surface area contributed by atoms with Crippen LogP contribution in [0.3, 0.4) is 0 Å². The van der Waals surface area contributed by atoms with Crippen LogP contribution in [0.1, 0.15) is 92.5 Å². The highest BCUT2D eigenvalue weighted by Crippen LogP contribution is 2.36. The molecular formula is C91H84F2N24O5. The molecule has 122 heavy (non-hydrogen) atoms. The summed E-state index contributed by atoms with van der Waals surface area (Å²) < 4.78 is 32.3. The van der Waals surface area contributed by atoms with Gasteiger partial charge in [-0.25, -0.2) is 8.78 Å². The third kappa shape index (κ3) is 19.1. The molecule has 4 saturated heterocycles. The molecular weight excluding hydrogens is 1550 g/mol. The number of carbonyl (C=O) groups excluding carboxylic acids is 4. The van der Waals surface area contributed by atoms with Crippen molar-refractivity contribution < 1.29 is 32.7 Å². The van der Waals surface area contributed by atoms with E-state index in [1.165, 1.54) is 32.1 Å². The zero-order chi connectivity index (χ0) is 83.1. The van der Waals surface area contributed by atoms with E-state index < -0.39 is 5.92 Å². The van der Waals surface area contributed by atoms with Crippen LogP contribution >= 0.6 is 0 Å². The summed E-state index contributed by atoms with van der Waals surface area (Å²) in [4.78, 5) is 93.6. The molecule has 0 spiro atoms. The Bertz CT molecular complexity index is 6160. The number of aromatic nitrogens is 16. The van der Waals surface area contributed by atoms with E-state index in [0.717, 1.165) is 158 Å². The van der Waals surface area contributed by atoms with Gasteiger partial charge in [0.1, 0.15) is 0 Å². The third-order valence-corrected chi connectivity index (χ3v) is 21.7. The van der Waals surface area contributed by atoms with Gasteiger partial charge in [-0.15, -0.1) is 0 Å². The highest BCUT2D eigenvalue weighted by Gasteiger charge is 2.34. The Kier molecular flexibility index (Phi) is 24.0. The zero-order valence-electron chi connectivity index (χ0n) is 66.3. The number of nitrogens with one attached hydrogen (secondary N) is 8. The molecule has 4 fully saturated rings. The van der Waals surface area contributed by atoms with Gasteiger partial charge in [0.15, 0.2) is 22.8 Å². The molecule has 4 amide bonds. The Morgan fingerprint density at radius 1 is 0.328 bits per heavy atom. The van der Waals surface area contributed by atoms with Crippen LogP contribution in [0.4, 0.5) is 48.6 Å². The number of likely N-dealkylation sites (tertiary alicyclic amines) is 1. The van der Waals surface area contributed by atoms with E-state index in [0.29, 0.717) is 70.5 Å². The first-order chi connectivity index (χ1) is 59.8. The van der Waals surface area contributed by atoms with E-state index in [1.807, 2.05) is 121 Å². The number of morpholine rings is 1. The number of amides is 4. The molecule has 0 aliphatic carbocycles. The first kappa shape index (κ1) is 79.5. The number of halogens is 2. The summed E-state index contributed by atoms with van der Waals surface area (Å²) in [6.45, 7) is 8.76. The molecule has 12 aromatic heterocycles. The second-order valence-electron chi connectivity index (χ2n) is 29.9. The number of H-pyrrole nitrogens is 4. The van der Waals surface area contributed by atoms with Crippen LogP contribution in [-0.2, 0) is 11.3 Å². The van der Waals surface area contributed by atoms with Crippen molar-refractivity contribution in [2.75, 3.05) is 102 Å². The molecule has 4 aliphatic rings. The van der Waals surface area contributed by atoms with Crippen molar-refractivity contribution in [3.05, 3.63) is 273 Å². The maximum absolute atomic E-state index is 13.4. The Morgan fingerprint density at radius 3 is 0.951 bits per heavy atom. The molecule has 612 valence electrons. The minimum Gasteiger partial charge on any atom is -0.378 e. The van der Waals surface area contributed by atoms with Gasteiger partial charge in [-0.2, -0.15) is 20.4 Å². The van der Waals surface area contributed by atoms with E-state index in [4.69, 9.17) is 4.74 Å². The summed E-state index contributed by atoms with van der Waals surface area (Å²) in [5.41, 5.74) is 19.3. The van der Waals surface area contributed by atoms with Crippen LogP contribution < -0.4 is 36.0 Å². The number of piperidine rings is 2. The predicted octanol–water partition coefficient (Wildman–Crippen LogP) is 15.7. The second-order valence-corrected chi connectivity index (χ2v) is 29.9. The van der Waals surface area contributed by atoms with Gasteiger partial charge in [-0.1, -0.05) is 24.3 Å². The zero-order valence-corrected chi connectivity index (χ0v) is 66.3. The quantitative estimate of drug-likeness (QED) is 0.0420. The molecule has 29 nitrogen and oxygen atoms in total. The van der Waals surface area contributed by atoms with Gasteiger partial charge in [0, 0.05) is 219 Å². The highest BCUT2D eigenvalue weighted by atomic mass is 19.3. The van der Waals surface area contributed by atoms with Crippen molar-refractivity contribution in [2.45, 2.75) is 57.4 Å². The molecule has 16 heterocycles. The number of ether oxygens (including phenoxy) is 1. The molecule has 4 aromatic carbocycles.